The van der Waals surface area contributed by atoms with Crippen LogP contribution < -0.4 is 16.7 Å². The summed E-state index contributed by atoms with van der Waals surface area (Å²) >= 11 is 0. The predicted octanol–water partition coefficient (Wildman–Crippen LogP) is 0.0453. The largest absolute Gasteiger partial charge is 0.352 e. The highest BCUT2D eigenvalue weighted by Gasteiger charge is 2.07. The summed E-state index contributed by atoms with van der Waals surface area (Å²) in [5.74, 6) is 0. The summed E-state index contributed by atoms with van der Waals surface area (Å²) in [6, 6.07) is 5.02. The SMILES string of the molecule is Cn1c(=O)n(C)c2cc(CNC(N)=O)ccc21. The zero-order valence-electron chi connectivity index (χ0n) is 9.73. The van der Waals surface area contributed by atoms with Gasteiger partial charge in [0.15, 0.2) is 0 Å². The number of nitrogens with one attached hydrogen (secondary N) is 1. The standard InChI is InChI=1S/C11H14N4O2/c1-14-8-4-3-7(6-13-10(12)16)5-9(8)15(2)11(14)17/h3-5H,6H2,1-2H3,(H3,12,13,16). The monoisotopic (exact) mass is 234 g/mol. The van der Waals surface area contributed by atoms with Gasteiger partial charge in [0.25, 0.3) is 0 Å². The van der Waals surface area contributed by atoms with Crippen LogP contribution >= 0.6 is 0 Å². The summed E-state index contributed by atoms with van der Waals surface area (Å²) in [5.41, 5.74) is 7.53. The number of urea groups is 1. The predicted molar refractivity (Wildman–Crippen MR) is 64.6 cm³/mol. The van der Waals surface area contributed by atoms with Crippen LogP contribution in [0, 0.1) is 0 Å². The van der Waals surface area contributed by atoms with E-state index in [1.807, 2.05) is 18.2 Å². The summed E-state index contributed by atoms with van der Waals surface area (Å²) in [4.78, 5) is 22.3. The van der Waals surface area contributed by atoms with Crippen LogP contribution in [0.2, 0.25) is 0 Å². The van der Waals surface area contributed by atoms with Gasteiger partial charge in [0, 0.05) is 20.6 Å². The number of aromatic nitrogens is 2. The van der Waals surface area contributed by atoms with Gasteiger partial charge in [0.05, 0.1) is 11.0 Å². The van der Waals surface area contributed by atoms with Crippen LogP contribution in [0.25, 0.3) is 11.0 Å². The van der Waals surface area contributed by atoms with E-state index in [-0.39, 0.29) is 5.69 Å². The van der Waals surface area contributed by atoms with Gasteiger partial charge in [-0.1, -0.05) is 6.07 Å². The molecule has 0 aliphatic rings. The average molecular weight is 234 g/mol. The molecule has 0 saturated carbocycles. The molecule has 6 nitrogen and oxygen atoms in total. The molecule has 0 unspecified atom stereocenters. The van der Waals surface area contributed by atoms with Crippen molar-refractivity contribution >= 4 is 17.1 Å². The van der Waals surface area contributed by atoms with Crippen molar-refractivity contribution in [3.8, 4) is 0 Å². The number of imidazole rings is 1. The number of rotatable bonds is 2. The lowest BCUT2D eigenvalue weighted by Crippen LogP contribution is -2.28. The van der Waals surface area contributed by atoms with Crippen LogP contribution in [-0.4, -0.2) is 15.2 Å². The molecule has 0 atom stereocenters. The molecule has 0 spiro atoms. The van der Waals surface area contributed by atoms with Crippen LogP contribution in [0.1, 0.15) is 5.56 Å². The number of carbonyl (C=O) groups excluding carboxylic acids is 1. The maximum absolute atomic E-state index is 11.7. The van der Waals surface area contributed by atoms with Gasteiger partial charge in [-0.25, -0.2) is 9.59 Å². The van der Waals surface area contributed by atoms with E-state index in [4.69, 9.17) is 5.73 Å². The Balaban J connectivity index is 2.47. The third-order valence-corrected chi connectivity index (χ3v) is 2.80. The number of hydrogen-bond acceptors (Lipinski definition) is 2. The van der Waals surface area contributed by atoms with Gasteiger partial charge in [-0.15, -0.1) is 0 Å². The molecule has 2 aromatic rings. The number of fused-ring (bicyclic) bond motifs is 1. The first-order valence-corrected chi connectivity index (χ1v) is 5.18. The van der Waals surface area contributed by atoms with Crippen molar-refractivity contribution in [2.75, 3.05) is 0 Å². The molecule has 0 bridgehead atoms. The Morgan fingerprint density at radius 3 is 2.59 bits per heavy atom. The highest BCUT2D eigenvalue weighted by Crippen LogP contribution is 2.13. The van der Waals surface area contributed by atoms with Crippen molar-refractivity contribution in [3.63, 3.8) is 0 Å². The van der Waals surface area contributed by atoms with E-state index < -0.39 is 6.03 Å². The molecule has 90 valence electrons. The lowest BCUT2D eigenvalue weighted by molar-refractivity contribution is 0.248. The minimum Gasteiger partial charge on any atom is -0.352 e. The number of aryl methyl sites for hydroxylation is 2. The number of benzene rings is 1. The first kappa shape index (κ1) is 11.3. The van der Waals surface area contributed by atoms with Gasteiger partial charge in [0.1, 0.15) is 0 Å². The normalized spacial score (nSPS) is 10.7. The Hall–Kier alpha value is -2.24. The maximum Gasteiger partial charge on any atom is 0.328 e. The molecule has 1 aromatic carbocycles. The smallest absolute Gasteiger partial charge is 0.328 e. The van der Waals surface area contributed by atoms with Crippen molar-refractivity contribution in [1.82, 2.24) is 14.5 Å². The van der Waals surface area contributed by atoms with E-state index in [2.05, 4.69) is 5.32 Å². The van der Waals surface area contributed by atoms with Crippen LogP contribution in [0.15, 0.2) is 23.0 Å². The second kappa shape index (κ2) is 3.97. The molecule has 0 fully saturated rings. The number of primary amides is 1. The Labute approximate surface area is 97.6 Å². The summed E-state index contributed by atoms with van der Waals surface area (Å²) in [6.45, 7) is 0.356. The Bertz CT molecular complexity index is 639. The topological polar surface area (TPSA) is 82.1 Å². The first-order chi connectivity index (χ1) is 8.00. The van der Waals surface area contributed by atoms with Crippen LogP contribution in [0.3, 0.4) is 0 Å². The second-order valence-corrected chi connectivity index (χ2v) is 3.94. The second-order valence-electron chi connectivity index (χ2n) is 3.94. The molecular weight excluding hydrogens is 220 g/mol. The Morgan fingerprint density at radius 2 is 1.94 bits per heavy atom. The minimum atomic E-state index is -0.563. The van der Waals surface area contributed by atoms with Crippen LogP contribution in [-0.2, 0) is 20.6 Å². The Morgan fingerprint density at radius 1 is 1.29 bits per heavy atom. The van der Waals surface area contributed by atoms with Gasteiger partial charge >= 0.3 is 11.7 Å². The summed E-state index contributed by atoms with van der Waals surface area (Å²) in [6.07, 6.45) is 0. The van der Waals surface area contributed by atoms with Gasteiger partial charge in [-0.3, -0.25) is 9.13 Å². The van der Waals surface area contributed by atoms with Crippen LogP contribution in [0.4, 0.5) is 4.79 Å². The van der Waals surface area contributed by atoms with Crippen molar-refractivity contribution in [1.29, 1.82) is 0 Å². The number of amides is 2. The quantitative estimate of drug-likeness (QED) is 0.769. The highest BCUT2D eigenvalue weighted by atomic mass is 16.2. The Kier molecular flexibility index (Phi) is 2.63. The fourth-order valence-corrected chi connectivity index (χ4v) is 1.85. The van der Waals surface area contributed by atoms with Crippen molar-refractivity contribution < 1.29 is 4.79 Å². The van der Waals surface area contributed by atoms with Gasteiger partial charge < -0.3 is 11.1 Å². The minimum absolute atomic E-state index is 0.0694. The van der Waals surface area contributed by atoms with Crippen molar-refractivity contribution in [2.45, 2.75) is 6.54 Å². The zero-order chi connectivity index (χ0) is 12.6. The van der Waals surface area contributed by atoms with Crippen molar-refractivity contribution in [3.05, 3.63) is 34.2 Å². The molecule has 0 aliphatic heterocycles. The van der Waals surface area contributed by atoms with Gasteiger partial charge in [-0.2, -0.15) is 0 Å². The first-order valence-electron chi connectivity index (χ1n) is 5.18. The molecule has 1 heterocycles. The molecular formula is C11H14N4O2. The molecule has 2 rings (SSSR count). The molecule has 0 aliphatic carbocycles. The van der Waals surface area contributed by atoms with E-state index in [0.717, 1.165) is 16.6 Å². The molecule has 0 saturated heterocycles. The maximum atomic E-state index is 11.7. The molecule has 1 aromatic heterocycles. The zero-order valence-corrected chi connectivity index (χ0v) is 9.73. The molecule has 2 amide bonds. The number of nitrogens with zero attached hydrogens (tertiary/aromatic N) is 2. The van der Waals surface area contributed by atoms with E-state index in [0.29, 0.717) is 6.54 Å². The fraction of sp³-hybridized carbons (Fsp3) is 0.273. The lowest BCUT2D eigenvalue weighted by atomic mass is 10.2. The van der Waals surface area contributed by atoms with E-state index in [1.54, 1.807) is 23.2 Å². The third kappa shape index (κ3) is 1.89. The fourth-order valence-electron chi connectivity index (χ4n) is 1.85. The molecule has 0 radical (unpaired) electrons. The van der Waals surface area contributed by atoms with E-state index in [9.17, 15) is 9.59 Å². The molecule has 17 heavy (non-hydrogen) atoms. The number of nitrogens with two attached hydrogens (primary N) is 1. The van der Waals surface area contributed by atoms with Crippen LogP contribution in [0.5, 0.6) is 0 Å². The number of carbonyl (C=O) groups is 1. The van der Waals surface area contributed by atoms with Crippen molar-refractivity contribution in [2.24, 2.45) is 19.8 Å². The van der Waals surface area contributed by atoms with Gasteiger partial charge in [-0.05, 0) is 17.7 Å². The number of hydrogen-bond donors (Lipinski definition) is 2. The molecule has 6 heteroatoms. The average Bonchev–Trinajstić information content (AvgIpc) is 2.52. The summed E-state index contributed by atoms with van der Waals surface area (Å²) in [7, 11) is 3.45. The van der Waals surface area contributed by atoms with Gasteiger partial charge in [0.2, 0.25) is 0 Å². The van der Waals surface area contributed by atoms with E-state index >= 15 is 0 Å². The summed E-state index contributed by atoms with van der Waals surface area (Å²) in [5, 5.41) is 2.51. The highest BCUT2D eigenvalue weighted by molar-refractivity contribution is 5.77. The van der Waals surface area contributed by atoms with E-state index in [1.165, 1.54) is 0 Å². The molecule has 3 N–H and O–H groups in total. The third-order valence-electron chi connectivity index (χ3n) is 2.80. The lowest BCUT2D eigenvalue weighted by Gasteiger charge is -2.03. The summed E-state index contributed by atoms with van der Waals surface area (Å²) < 4.78 is 3.16.